The molecule has 3 nitrogen and oxygen atoms in total. The van der Waals surface area contributed by atoms with E-state index in [9.17, 15) is 13.2 Å². The van der Waals surface area contributed by atoms with Gasteiger partial charge in [0.1, 0.15) is 0 Å². The summed E-state index contributed by atoms with van der Waals surface area (Å²) in [6.45, 7) is 0. The molecule has 0 aliphatic heterocycles. The molecule has 1 aromatic carbocycles. The molecule has 0 aliphatic carbocycles. The highest BCUT2D eigenvalue weighted by Crippen LogP contribution is 2.34. The molecular formula is C12H9ClF3N3. The maximum atomic E-state index is 12.6. The third kappa shape index (κ3) is 3.29. The summed E-state index contributed by atoms with van der Waals surface area (Å²) >= 11 is 5.85. The second kappa shape index (κ2) is 4.97. The zero-order chi connectivity index (χ0) is 14.0. The van der Waals surface area contributed by atoms with Crippen LogP contribution in [0.4, 0.5) is 30.2 Å². The van der Waals surface area contributed by atoms with E-state index in [1.54, 1.807) is 6.07 Å². The number of anilines is 3. The van der Waals surface area contributed by atoms with Crippen molar-refractivity contribution >= 4 is 28.7 Å². The van der Waals surface area contributed by atoms with Crippen molar-refractivity contribution in [3.05, 3.63) is 47.2 Å². The molecule has 0 spiro atoms. The van der Waals surface area contributed by atoms with Crippen molar-refractivity contribution in [2.24, 2.45) is 0 Å². The Morgan fingerprint density at radius 2 is 1.89 bits per heavy atom. The number of rotatable bonds is 2. The summed E-state index contributed by atoms with van der Waals surface area (Å²) in [6.07, 6.45) is -1.55. The van der Waals surface area contributed by atoms with Gasteiger partial charge in [-0.25, -0.2) is 0 Å². The summed E-state index contributed by atoms with van der Waals surface area (Å²) in [4.78, 5) is 3.83. The van der Waals surface area contributed by atoms with Crippen LogP contribution in [0.1, 0.15) is 5.56 Å². The average molecular weight is 288 g/mol. The minimum absolute atomic E-state index is 0.142. The van der Waals surface area contributed by atoms with Crippen LogP contribution in [-0.4, -0.2) is 4.98 Å². The molecule has 100 valence electrons. The van der Waals surface area contributed by atoms with Gasteiger partial charge < -0.3 is 11.1 Å². The lowest BCUT2D eigenvalue weighted by atomic mass is 10.2. The fourth-order valence-corrected chi connectivity index (χ4v) is 1.64. The summed E-state index contributed by atoms with van der Waals surface area (Å²) in [5.74, 6) is 0. The predicted octanol–water partition coefficient (Wildman–Crippen LogP) is 4.08. The molecule has 2 aromatic rings. The first-order chi connectivity index (χ1) is 8.86. The molecular weight excluding hydrogens is 279 g/mol. The summed E-state index contributed by atoms with van der Waals surface area (Å²) in [5.41, 5.74) is 5.75. The summed E-state index contributed by atoms with van der Waals surface area (Å²) in [5, 5.41) is 2.93. The molecule has 7 heteroatoms. The van der Waals surface area contributed by atoms with Crippen LogP contribution in [0.3, 0.4) is 0 Å². The third-order valence-corrected chi connectivity index (χ3v) is 2.66. The van der Waals surface area contributed by atoms with Crippen molar-refractivity contribution in [1.29, 1.82) is 0 Å². The Balaban J connectivity index is 2.34. The molecule has 0 unspecified atom stereocenters. The van der Waals surface area contributed by atoms with Crippen LogP contribution < -0.4 is 11.1 Å². The average Bonchev–Trinajstić information content (AvgIpc) is 2.30. The Labute approximate surface area is 112 Å². The molecule has 0 fully saturated rings. The van der Waals surface area contributed by atoms with Crippen LogP contribution in [0.2, 0.25) is 5.02 Å². The minimum atomic E-state index is -4.42. The highest BCUT2D eigenvalue weighted by Gasteiger charge is 2.30. The fraction of sp³-hybridized carbons (Fsp3) is 0.0833. The third-order valence-electron chi connectivity index (χ3n) is 2.33. The van der Waals surface area contributed by atoms with Gasteiger partial charge in [-0.1, -0.05) is 11.6 Å². The number of nitrogen functional groups attached to an aromatic ring is 1. The number of halogens is 4. The van der Waals surface area contributed by atoms with E-state index in [4.69, 9.17) is 17.3 Å². The van der Waals surface area contributed by atoms with Gasteiger partial charge in [-0.3, -0.25) is 4.98 Å². The lowest BCUT2D eigenvalue weighted by molar-refractivity contribution is -0.137. The highest BCUT2D eigenvalue weighted by molar-refractivity contribution is 6.33. The number of benzene rings is 1. The van der Waals surface area contributed by atoms with Crippen molar-refractivity contribution < 1.29 is 13.2 Å². The van der Waals surface area contributed by atoms with Gasteiger partial charge in [-0.2, -0.15) is 13.2 Å². The first-order valence-corrected chi connectivity index (χ1v) is 5.58. The minimum Gasteiger partial charge on any atom is -0.397 e. The molecule has 0 bridgehead atoms. The summed E-state index contributed by atoms with van der Waals surface area (Å²) < 4.78 is 37.8. The first-order valence-electron chi connectivity index (χ1n) is 5.20. The SMILES string of the molecule is Nc1cncc(Nc2cc(C(F)(F)F)ccc2Cl)c1. The van der Waals surface area contributed by atoms with Crippen molar-refractivity contribution in [2.75, 3.05) is 11.1 Å². The molecule has 19 heavy (non-hydrogen) atoms. The Kier molecular flexibility index (Phi) is 3.53. The van der Waals surface area contributed by atoms with E-state index in [-0.39, 0.29) is 10.7 Å². The van der Waals surface area contributed by atoms with Gasteiger partial charge in [0.2, 0.25) is 0 Å². The smallest absolute Gasteiger partial charge is 0.397 e. The quantitative estimate of drug-likeness (QED) is 0.875. The number of nitrogens with zero attached hydrogens (tertiary/aromatic N) is 1. The number of aromatic nitrogens is 1. The maximum Gasteiger partial charge on any atom is 0.416 e. The Morgan fingerprint density at radius 1 is 1.16 bits per heavy atom. The molecule has 0 amide bonds. The van der Waals surface area contributed by atoms with E-state index in [0.717, 1.165) is 12.1 Å². The van der Waals surface area contributed by atoms with Gasteiger partial charge in [0, 0.05) is 6.20 Å². The van der Waals surface area contributed by atoms with E-state index in [1.807, 2.05) is 0 Å². The molecule has 3 N–H and O–H groups in total. The van der Waals surface area contributed by atoms with E-state index in [2.05, 4.69) is 10.3 Å². The number of pyridine rings is 1. The van der Waals surface area contributed by atoms with Gasteiger partial charge in [0.15, 0.2) is 0 Å². The second-order valence-electron chi connectivity index (χ2n) is 3.82. The fourth-order valence-electron chi connectivity index (χ4n) is 1.48. The zero-order valence-electron chi connectivity index (χ0n) is 9.50. The van der Waals surface area contributed by atoms with Crippen molar-refractivity contribution in [2.45, 2.75) is 6.18 Å². The zero-order valence-corrected chi connectivity index (χ0v) is 10.3. The van der Waals surface area contributed by atoms with Crippen LogP contribution >= 0.6 is 11.6 Å². The van der Waals surface area contributed by atoms with E-state index < -0.39 is 11.7 Å². The Morgan fingerprint density at radius 3 is 2.53 bits per heavy atom. The van der Waals surface area contributed by atoms with Crippen molar-refractivity contribution in [3.63, 3.8) is 0 Å². The molecule has 0 saturated heterocycles. The lowest BCUT2D eigenvalue weighted by Crippen LogP contribution is -2.05. The van der Waals surface area contributed by atoms with Crippen molar-refractivity contribution in [3.8, 4) is 0 Å². The Bertz CT molecular complexity index is 599. The summed E-state index contributed by atoms with van der Waals surface area (Å²) in [6, 6.07) is 4.59. The topological polar surface area (TPSA) is 50.9 Å². The second-order valence-corrected chi connectivity index (χ2v) is 4.23. The molecule has 1 heterocycles. The number of nitrogens with two attached hydrogens (primary N) is 1. The van der Waals surface area contributed by atoms with E-state index >= 15 is 0 Å². The first kappa shape index (κ1) is 13.5. The number of hydrogen-bond acceptors (Lipinski definition) is 3. The monoisotopic (exact) mass is 287 g/mol. The van der Waals surface area contributed by atoms with Gasteiger partial charge >= 0.3 is 6.18 Å². The van der Waals surface area contributed by atoms with Crippen LogP contribution in [0, 0.1) is 0 Å². The van der Waals surface area contributed by atoms with Crippen LogP contribution in [-0.2, 0) is 6.18 Å². The van der Waals surface area contributed by atoms with E-state index in [1.165, 1.54) is 18.5 Å². The molecule has 0 atom stereocenters. The van der Waals surface area contributed by atoms with Gasteiger partial charge in [-0.15, -0.1) is 0 Å². The van der Waals surface area contributed by atoms with Crippen LogP contribution in [0.5, 0.6) is 0 Å². The van der Waals surface area contributed by atoms with Crippen molar-refractivity contribution in [1.82, 2.24) is 4.98 Å². The Hall–Kier alpha value is -1.95. The van der Waals surface area contributed by atoms with Crippen LogP contribution in [0.15, 0.2) is 36.7 Å². The molecule has 1 aromatic heterocycles. The highest BCUT2D eigenvalue weighted by atomic mass is 35.5. The van der Waals surface area contributed by atoms with Crippen LogP contribution in [0.25, 0.3) is 0 Å². The van der Waals surface area contributed by atoms with E-state index in [0.29, 0.717) is 11.4 Å². The summed E-state index contributed by atoms with van der Waals surface area (Å²) in [7, 11) is 0. The van der Waals surface area contributed by atoms with Gasteiger partial charge in [-0.05, 0) is 24.3 Å². The molecule has 0 saturated carbocycles. The normalized spacial score (nSPS) is 11.4. The molecule has 0 radical (unpaired) electrons. The number of hydrogen-bond donors (Lipinski definition) is 2. The number of nitrogens with one attached hydrogen (secondary N) is 1. The van der Waals surface area contributed by atoms with Gasteiger partial charge in [0.05, 0.1) is 33.8 Å². The predicted molar refractivity (Wildman–Crippen MR) is 68.4 cm³/mol. The van der Waals surface area contributed by atoms with Gasteiger partial charge in [0.25, 0.3) is 0 Å². The largest absolute Gasteiger partial charge is 0.416 e. The maximum absolute atomic E-state index is 12.6. The number of alkyl halides is 3. The molecule has 0 aliphatic rings. The standard InChI is InChI=1S/C12H9ClF3N3/c13-10-2-1-7(12(14,15)16)3-11(10)19-9-4-8(17)5-18-6-9/h1-6,19H,17H2. The molecule has 2 rings (SSSR count). The lowest BCUT2D eigenvalue weighted by Gasteiger charge is -2.12.